The fourth-order valence-corrected chi connectivity index (χ4v) is 0.849. The maximum Gasteiger partial charge on any atom is 0.126 e. The monoisotopic (exact) mass is 182 g/mol. The van der Waals surface area contributed by atoms with Gasteiger partial charge in [-0.05, 0) is 12.5 Å². The van der Waals surface area contributed by atoms with Crippen molar-refractivity contribution in [2.75, 3.05) is 0 Å². The lowest BCUT2D eigenvalue weighted by atomic mass is 9.95. The van der Waals surface area contributed by atoms with Gasteiger partial charge in [-0.3, -0.25) is 0 Å². The molecule has 3 heteroatoms. The van der Waals surface area contributed by atoms with Gasteiger partial charge < -0.3 is 5.73 Å². The van der Waals surface area contributed by atoms with Crippen LogP contribution in [0.1, 0.15) is 12.5 Å². The normalized spacial score (nSPS) is 13.8. The van der Waals surface area contributed by atoms with Gasteiger partial charge >= 0.3 is 0 Å². The third-order valence-corrected chi connectivity index (χ3v) is 1.61. The van der Waals surface area contributed by atoms with E-state index < -0.39 is 5.54 Å². The smallest absolute Gasteiger partial charge is 0.126 e. The van der Waals surface area contributed by atoms with Crippen LogP contribution in [0.3, 0.4) is 0 Å². The van der Waals surface area contributed by atoms with E-state index in [0.29, 0.717) is 0 Å². The zero-order valence-corrected chi connectivity index (χ0v) is 7.64. The highest BCUT2D eigenvalue weighted by Crippen LogP contribution is 2.14. The number of hydrogen-bond acceptors (Lipinski definition) is 2. The van der Waals surface area contributed by atoms with Crippen molar-refractivity contribution in [3.8, 4) is 6.07 Å². The molecule has 0 radical (unpaired) electrons. The molecule has 0 saturated heterocycles. The first-order valence-electron chi connectivity index (χ1n) is 3.42. The van der Waals surface area contributed by atoms with Crippen LogP contribution in [0, 0.1) is 11.3 Å². The van der Waals surface area contributed by atoms with E-state index in [1.165, 1.54) is 0 Å². The first-order valence-corrected chi connectivity index (χ1v) is 3.42. The lowest BCUT2D eigenvalue weighted by Gasteiger charge is -2.14. The Labute approximate surface area is 78.4 Å². The topological polar surface area (TPSA) is 49.8 Å². The Balaban J connectivity index is 0.00000121. The van der Waals surface area contributed by atoms with Crippen LogP contribution in [-0.2, 0) is 5.54 Å². The molecule has 2 nitrogen and oxygen atoms in total. The molecule has 0 aliphatic rings. The number of nitriles is 1. The minimum absolute atomic E-state index is 0. The molecular weight excluding hydrogens is 172 g/mol. The van der Waals surface area contributed by atoms with Crippen molar-refractivity contribution in [1.82, 2.24) is 0 Å². The van der Waals surface area contributed by atoms with E-state index >= 15 is 0 Å². The second kappa shape index (κ2) is 4.10. The summed E-state index contributed by atoms with van der Waals surface area (Å²) in [4.78, 5) is 0. The Morgan fingerprint density at radius 2 is 1.83 bits per heavy atom. The number of halogens is 1. The van der Waals surface area contributed by atoms with Gasteiger partial charge in [0.15, 0.2) is 0 Å². The zero-order valence-electron chi connectivity index (χ0n) is 6.82. The van der Waals surface area contributed by atoms with Crippen LogP contribution in [0.4, 0.5) is 0 Å². The second-order valence-corrected chi connectivity index (χ2v) is 2.68. The van der Waals surface area contributed by atoms with Crippen LogP contribution in [0.5, 0.6) is 0 Å². The van der Waals surface area contributed by atoms with Gasteiger partial charge in [-0.2, -0.15) is 5.26 Å². The van der Waals surface area contributed by atoms with Gasteiger partial charge in [-0.25, -0.2) is 0 Å². The molecule has 0 aliphatic heterocycles. The Kier molecular flexibility index (Phi) is 3.75. The van der Waals surface area contributed by atoms with Gasteiger partial charge in [0.2, 0.25) is 0 Å². The highest BCUT2D eigenvalue weighted by molar-refractivity contribution is 5.85. The van der Waals surface area contributed by atoms with Crippen molar-refractivity contribution in [3.05, 3.63) is 35.9 Å². The van der Waals surface area contributed by atoms with Crippen molar-refractivity contribution in [3.63, 3.8) is 0 Å². The second-order valence-electron chi connectivity index (χ2n) is 2.68. The Hall–Kier alpha value is -1.04. The fourth-order valence-electron chi connectivity index (χ4n) is 0.849. The van der Waals surface area contributed by atoms with Gasteiger partial charge in [0.1, 0.15) is 5.54 Å². The van der Waals surface area contributed by atoms with Crippen LogP contribution in [-0.4, -0.2) is 0 Å². The largest absolute Gasteiger partial charge is 0.310 e. The number of nitrogens with zero attached hydrogens (tertiary/aromatic N) is 1. The predicted octanol–water partition coefficient (Wildman–Crippen LogP) is 1.81. The summed E-state index contributed by atoms with van der Waals surface area (Å²) in [6.45, 7) is 1.70. The number of hydrogen-bond donors (Lipinski definition) is 1. The molecule has 0 spiro atoms. The van der Waals surface area contributed by atoms with Crippen LogP contribution in [0.2, 0.25) is 0 Å². The van der Waals surface area contributed by atoms with E-state index in [2.05, 4.69) is 0 Å². The highest BCUT2D eigenvalue weighted by Gasteiger charge is 2.18. The van der Waals surface area contributed by atoms with Gasteiger partial charge in [-0.1, -0.05) is 30.3 Å². The Morgan fingerprint density at radius 1 is 1.33 bits per heavy atom. The summed E-state index contributed by atoms with van der Waals surface area (Å²) in [6, 6.07) is 11.4. The molecule has 1 aromatic carbocycles. The molecule has 0 fully saturated rings. The molecule has 1 aromatic rings. The number of nitrogens with two attached hydrogens (primary N) is 1. The molecule has 0 aliphatic carbocycles. The Morgan fingerprint density at radius 3 is 2.25 bits per heavy atom. The molecule has 1 atom stereocenters. The molecule has 0 heterocycles. The predicted molar refractivity (Wildman–Crippen MR) is 50.8 cm³/mol. The summed E-state index contributed by atoms with van der Waals surface area (Å²) in [7, 11) is 0. The summed E-state index contributed by atoms with van der Waals surface area (Å²) < 4.78 is 0. The van der Waals surface area contributed by atoms with Crippen LogP contribution < -0.4 is 5.73 Å². The van der Waals surface area contributed by atoms with E-state index in [1.807, 2.05) is 36.4 Å². The molecule has 0 saturated carbocycles. The van der Waals surface area contributed by atoms with Gasteiger partial charge in [-0.15, -0.1) is 12.4 Å². The van der Waals surface area contributed by atoms with Crippen LogP contribution in [0.15, 0.2) is 30.3 Å². The molecular formula is C9H11ClN2. The van der Waals surface area contributed by atoms with E-state index in [4.69, 9.17) is 11.0 Å². The third kappa shape index (κ3) is 2.23. The van der Waals surface area contributed by atoms with Crippen LogP contribution in [0.25, 0.3) is 0 Å². The summed E-state index contributed by atoms with van der Waals surface area (Å²) in [5.41, 5.74) is 5.67. The average Bonchev–Trinajstić information content (AvgIpc) is 2.06. The molecule has 64 valence electrons. The maximum atomic E-state index is 8.67. The molecule has 12 heavy (non-hydrogen) atoms. The quantitative estimate of drug-likeness (QED) is 0.720. The van der Waals surface area contributed by atoms with Crippen LogP contribution >= 0.6 is 12.4 Å². The van der Waals surface area contributed by atoms with Crippen molar-refractivity contribution < 1.29 is 0 Å². The first kappa shape index (κ1) is 11.0. The third-order valence-electron chi connectivity index (χ3n) is 1.61. The molecule has 1 rings (SSSR count). The van der Waals surface area contributed by atoms with E-state index in [9.17, 15) is 0 Å². The van der Waals surface area contributed by atoms with Gasteiger partial charge in [0.25, 0.3) is 0 Å². The number of rotatable bonds is 1. The van der Waals surface area contributed by atoms with Crippen molar-refractivity contribution >= 4 is 12.4 Å². The zero-order chi connectivity index (χ0) is 8.32. The fraction of sp³-hybridized carbons (Fsp3) is 0.222. The molecule has 0 amide bonds. The van der Waals surface area contributed by atoms with E-state index in [1.54, 1.807) is 6.92 Å². The summed E-state index contributed by atoms with van der Waals surface area (Å²) >= 11 is 0. The number of benzene rings is 1. The average molecular weight is 183 g/mol. The highest BCUT2D eigenvalue weighted by atomic mass is 35.5. The van der Waals surface area contributed by atoms with Crippen molar-refractivity contribution in [2.45, 2.75) is 12.5 Å². The molecule has 2 N–H and O–H groups in total. The maximum absolute atomic E-state index is 8.67. The minimum Gasteiger partial charge on any atom is -0.310 e. The summed E-state index contributed by atoms with van der Waals surface area (Å²) in [6.07, 6.45) is 0. The molecule has 0 aromatic heterocycles. The van der Waals surface area contributed by atoms with E-state index in [-0.39, 0.29) is 12.4 Å². The summed E-state index contributed by atoms with van der Waals surface area (Å²) in [5.74, 6) is 0. The minimum atomic E-state index is -0.860. The van der Waals surface area contributed by atoms with Crippen molar-refractivity contribution in [2.24, 2.45) is 5.73 Å². The summed E-state index contributed by atoms with van der Waals surface area (Å²) in [5, 5.41) is 8.67. The first-order chi connectivity index (χ1) is 5.17. The van der Waals surface area contributed by atoms with E-state index in [0.717, 1.165) is 5.56 Å². The Bertz CT molecular complexity index is 274. The lowest BCUT2D eigenvalue weighted by molar-refractivity contribution is 0.646. The van der Waals surface area contributed by atoms with Gasteiger partial charge in [0, 0.05) is 0 Å². The molecule has 1 unspecified atom stereocenters. The SMILES string of the molecule is CC(N)(C#N)c1ccccc1.Cl. The van der Waals surface area contributed by atoms with Gasteiger partial charge in [0.05, 0.1) is 6.07 Å². The lowest BCUT2D eigenvalue weighted by Crippen LogP contribution is -2.30. The van der Waals surface area contributed by atoms with Crippen molar-refractivity contribution in [1.29, 1.82) is 5.26 Å². The molecule has 0 bridgehead atoms. The standard InChI is InChI=1S/C9H10N2.ClH/c1-9(11,7-10)8-5-3-2-4-6-8;/h2-6H,11H2,1H3;1H.